The number of anilines is 1. The number of fused-ring (bicyclic) bond motifs is 1. The molecule has 0 saturated carbocycles. The van der Waals surface area contributed by atoms with Crippen LogP contribution < -0.4 is 5.32 Å². The molecule has 0 aliphatic heterocycles. The highest BCUT2D eigenvalue weighted by Crippen LogP contribution is 2.27. The molecule has 0 unspecified atom stereocenters. The number of rotatable bonds is 5. The number of methoxy groups -OCH3 is 1. The normalized spacial score (nSPS) is 11.6. The van der Waals surface area contributed by atoms with Crippen molar-refractivity contribution in [2.75, 3.05) is 12.4 Å². The van der Waals surface area contributed by atoms with Crippen LogP contribution in [0.4, 0.5) is 5.13 Å². The Morgan fingerprint density at radius 1 is 1.07 bits per heavy atom. The maximum Gasteiger partial charge on any atom is 0.337 e. The average Bonchev–Trinajstić information content (AvgIpc) is 3.08. The standard InChI is InChI=1S/C19H18N2O5S2/c1-11(2)28(24,25)14-7-4-12(5-8-14)17(22)21-19-20-15-9-6-13(18(23)26-3)10-16(15)27-19/h4-11H,1-3H3,(H,20,21,22). The fourth-order valence-electron chi connectivity index (χ4n) is 2.46. The van der Waals surface area contributed by atoms with Crippen LogP contribution in [0.15, 0.2) is 47.4 Å². The zero-order valence-electron chi connectivity index (χ0n) is 15.4. The number of ether oxygens (including phenoxy) is 1. The quantitative estimate of drug-likeness (QED) is 0.636. The van der Waals surface area contributed by atoms with Crippen LogP contribution in [-0.2, 0) is 14.6 Å². The second-order valence-electron chi connectivity index (χ2n) is 6.27. The van der Waals surface area contributed by atoms with Crippen LogP contribution in [-0.4, -0.2) is 37.6 Å². The number of hydrogen-bond acceptors (Lipinski definition) is 7. The van der Waals surface area contributed by atoms with Crippen LogP contribution in [0.25, 0.3) is 10.2 Å². The second-order valence-corrected chi connectivity index (χ2v) is 9.80. The van der Waals surface area contributed by atoms with Gasteiger partial charge in [0.1, 0.15) is 0 Å². The van der Waals surface area contributed by atoms with Gasteiger partial charge in [-0.2, -0.15) is 0 Å². The minimum absolute atomic E-state index is 0.175. The van der Waals surface area contributed by atoms with Crippen molar-refractivity contribution in [3.8, 4) is 0 Å². The molecule has 146 valence electrons. The summed E-state index contributed by atoms with van der Waals surface area (Å²) in [6.45, 7) is 3.21. The summed E-state index contributed by atoms with van der Waals surface area (Å²) in [5.74, 6) is -0.849. The van der Waals surface area contributed by atoms with Gasteiger partial charge in [0.15, 0.2) is 15.0 Å². The molecule has 28 heavy (non-hydrogen) atoms. The topological polar surface area (TPSA) is 102 Å². The lowest BCUT2D eigenvalue weighted by Crippen LogP contribution is -2.15. The Morgan fingerprint density at radius 2 is 1.71 bits per heavy atom. The van der Waals surface area contributed by atoms with E-state index in [4.69, 9.17) is 4.74 Å². The number of carbonyl (C=O) groups excluding carboxylic acids is 2. The van der Waals surface area contributed by atoms with Crippen molar-refractivity contribution in [1.29, 1.82) is 0 Å². The van der Waals surface area contributed by atoms with Crippen molar-refractivity contribution >= 4 is 48.4 Å². The fraction of sp³-hybridized carbons (Fsp3) is 0.211. The van der Waals surface area contributed by atoms with Crippen LogP contribution in [0.5, 0.6) is 0 Å². The minimum Gasteiger partial charge on any atom is -0.465 e. The molecule has 0 aliphatic rings. The molecule has 0 fully saturated rings. The summed E-state index contributed by atoms with van der Waals surface area (Å²) in [6, 6.07) is 10.7. The minimum atomic E-state index is -3.39. The Kier molecular flexibility index (Phi) is 5.48. The monoisotopic (exact) mass is 418 g/mol. The van der Waals surface area contributed by atoms with E-state index in [0.29, 0.717) is 21.8 Å². The van der Waals surface area contributed by atoms with Crippen LogP contribution in [0.2, 0.25) is 0 Å². The van der Waals surface area contributed by atoms with Crippen molar-refractivity contribution in [2.24, 2.45) is 0 Å². The first kappa shape index (κ1) is 20.0. The third kappa shape index (κ3) is 3.90. The van der Waals surface area contributed by atoms with Gasteiger partial charge in [0, 0.05) is 5.56 Å². The number of aromatic nitrogens is 1. The van der Waals surface area contributed by atoms with Crippen LogP contribution >= 0.6 is 11.3 Å². The van der Waals surface area contributed by atoms with Crippen molar-refractivity contribution in [2.45, 2.75) is 24.0 Å². The molecule has 0 radical (unpaired) electrons. The molecule has 9 heteroatoms. The number of hydrogen-bond donors (Lipinski definition) is 1. The molecule has 1 aromatic heterocycles. The molecule has 3 rings (SSSR count). The van der Waals surface area contributed by atoms with E-state index in [2.05, 4.69) is 10.3 Å². The lowest BCUT2D eigenvalue weighted by molar-refractivity contribution is 0.0601. The predicted octanol–water partition coefficient (Wildman–Crippen LogP) is 3.52. The molecule has 0 aliphatic carbocycles. The van der Waals surface area contributed by atoms with E-state index in [0.717, 1.165) is 4.70 Å². The second kappa shape index (κ2) is 7.69. The summed E-state index contributed by atoms with van der Waals surface area (Å²) < 4.78 is 29.7. The largest absolute Gasteiger partial charge is 0.465 e. The van der Waals surface area contributed by atoms with E-state index in [1.807, 2.05) is 0 Å². The van der Waals surface area contributed by atoms with Gasteiger partial charge in [0.2, 0.25) is 0 Å². The van der Waals surface area contributed by atoms with E-state index in [9.17, 15) is 18.0 Å². The zero-order valence-corrected chi connectivity index (χ0v) is 17.1. The Labute approximate surface area is 166 Å². The average molecular weight is 418 g/mol. The van der Waals surface area contributed by atoms with Gasteiger partial charge in [-0.3, -0.25) is 10.1 Å². The third-order valence-electron chi connectivity index (χ3n) is 4.10. The molecular weight excluding hydrogens is 400 g/mol. The first-order valence-electron chi connectivity index (χ1n) is 8.36. The Morgan fingerprint density at radius 3 is 2.32 bits per heavy atom. The van der Waals surface area contributed by atoms with Crippen LogP contribution in [0.3, 0.4) is 0 Å². The highest BCUT2D eigenvalue weighted by molar-refractivity contribution is 7.92. The van der Waals surface area contributed by atoms with Gasteiger partial charge in [-0.05, 0) is 56.3 Å². The molecule has 0 spiro atoms. The van der Waals surface area contributed by atoms with E-state index >= 15 is 0 Å². The summed E-state index contributed by atoms with van der Waals surface area (Å²) in [7, 11) is -2.08. The number of nitrogens with zero attached hydrogens (tertiary/aromatic N) is 1. The number of sulfone groups is 1. The van der Waals surface area contributed by atoms with Gasteiger partial charge >= 0.3 is 5.97 Å². The first-order valence-corrected chi connectivity index (χ1v) is 10.7. The third-order valence-corrected chi connectivity index (χ3v) is 7.20. The number of esters is 1. The molecule has 7 nitrogen and oxygen atoms in total. The SMILES string of the molecule is COC(=O)c1ccc2nc(NC(=O)c3ccc(S(=O)(=O)C(C)C)cc3)sc2c1. The lowest BCUT2D eigenvalue weighted by atomic mass is 10.2. The van der Waals surface area contributed by atoms with Crippen LogP contribution in [0.1, 0.15) is 34.6 Å². The van der Waals surface area contributed by atoms with E-state index in [1.165, 1.54) is 42.7 Å². The summed E-state index contributed by atoms with van der Waals surface area (Å²) in [5.41, 5.74) is 1.36. The highest BCUT2D eigenvalue weighted by Gasteiger charge is 2.19. The number of thiazole rings is 1. The van der Waals surface area contributed by atoms with Crippen molar-refractivity contribution in [3.63, 3.8) is 0 Å². The molecule has 0 bridgehead atoms. The van der Waals surface area contributed by atoms with Gasteiger partial charge in [0.05, 0.1) is 33.0 Å². The molecule has 1 N–H and O–H groups in total. The van der Waals surface area contributed by atoms with E-state index in [1.54, 1.807) is 32.0 Å². The van der Waals surface area contributed by atoms with Gasteiger partial charge < -0.3 is 4.74 Å². The van der Waals surface area contributed by atoms with Crippen LogP contribution in [0, 0.1) is 0 Å². The Bertz CT molecular complexity index is 1150. The fourth-order valence-corrected chi connectivity index (χ4v) is 4.42. The van der Waals surface area contributed by atoms with Gasteiger partial charge in [-0.25, -0.2) is 18.2 Å². The van der Waals surface area contributed by atoms with Crippen molar-refractivity contribution in [1.82, 2.24) is 4.98 Å². The lowest BCUT2D eigenvalue weighted by Gasteiger charge is -2.08. The maximum absolute atomic E-state index is 12.4. The molecule has 1 amide bonds. The van der Waals surface area contributed by atoms with Gasteiger partial charge in [0.25, 0.3) is 5.91 Å². The molecule has 2 aromatic carbocycles. The number of benzene rings is 2. The number of carbonyl (C=O) groups is 2. The maximum atomic E-state index is 12.4. The van der Waals surface area contributed by atoms with Gasteiger partial charge in [-0.15, -0.1) is 0 Å². The summed E-state index contributed by atoms with van der Waals surface area (Å²) in [4.78, 5) is 28.6. The summed E-state index contributed by atoms with van der Waals surface area (Å²) >= 11 is 1.23. The smallest absolute Gasteiger partial charge is 0.337 e. The molecule has 0 atom stereocenters. The number of amides is 1. The van der Waals surface area contributed by atoms with E-state index < -0.39 is 27.0 Å². The van der Waals surface area contributed by atoms with E-state index in [-0.39, 0.29) is 4.90 Å². The Hall–Kier alpha value is -2.78. The molecular formula is C19H18N2O5S2. The van der Waals surface area contributed by atoms with Crippen molar-refractivity contribution < 1.29 is 22.7 Å². The van der Waals surface area contributed by atoms with Crippen molar-refractivity contribution in [3.05, 3.63) is 53.6 Å². The van der Waals surface area contributed by atoms with Gasteiger partial charge in [-0.1, -0.05) is 11.3 Å². The molecule has 3 aromatic rings. The highest BCUT2D eigenvalue weighted by atomic mass is 32.2. The molecule has 1 heterocycles. The molecule has 0 saturated heterocycles. The predicted molar refractivity (Wildman–Crippen MR) is 108 cm³/mol. The first-order chi connectivity index (χ1) is 13.2. The summed E-state index contributed by atoms with van der Waals surface area (Å²) in [5, 5.41) is 2.53. The summed E-state index contributed by atoms with van der Waals surface area (Å²) in [6.07, 6.45) is 0. The number of nitrogens with one attached hydrogen (secondary N) is 1. The zero-order chi connectivity index (χ0) is 20.5. The Balaban J connectivity index is 1.80.